The van der Waals surface area contributed by atoms with Gasteiger partial charge in [-0.25, -0.2) is 0 Å². The number of methoxy groups -OCH3 is 1. The molecule has 0 spiro atoms. The first-order valence-corrected chi connectivity index (χ1v) is 5.89. The van der Waals surface area contributed by atoms with E-state index >= 15 is 0 Å². The van der Waals surface area contributed by atoms with Crippen molar-refractivity contribution >= 4 is 0 Å². The van der Waals surface area contributed by atoms with Crippen molar-refractivity contribution in [3.05, 3.63) is 11.6 Å². The molecule has 0 saturated carbocycles. The molecule has 2 N–H and O–H groups in total. The molecular weight excluding hydrogens is 204 g/mol. The lowest BCUT2D eigenvalue weighted by Crippen LogP contribution is -2.23. The number of nitrogens with zero attached hydrogens (tertiary/aromatic N) is 3. The van der Waals surface area contributed by atoms with E-state index in [2.05, 4.69) is 21.7 Å². The average Bonchev–Trinajstić information content (AvgIpc) is 2.68. The van der Waals surface area contributed by atoms with Crippen molar-refractivity contribution in [3.63, 3.8) is 0 Å². The quantitative estimate of drug-likeness (QED) is 0.825. The average molecular weight is 224 g/mol. The number of aromatic nitrogens is 3. The Kier molecular flexibility index (Phi) is 3.56. The number of fused-ring (bicyclic) bond motifs is 1. The van der Waals surface area contributed by atoms with Crippen molar-refractivity contribution in [2.45, 2.75) is 38.8 Å². The predicted octanol–water partition coefficient (Wildman–Crippen LogP) is 0.897. The van der Waals surface area contributed by atoms with E-state index in [4.69, 9.17) is 10.5 Å². The van der Waals surface area contributed by atoms with Gasteiger partial charge in [-0.1, -0.05) is 6.92 Å². The van der Waals surface area contributed by atoms with Gasteiger partial charge in [0.25, 0.3) is 0 Å². The van der Waals surface area contributed by atoms with Crippen LogP contribution in [-0.2, 0) is 17.7 Å². The number of hydrogen-bond donors (Lipinski definition) is 1. The largest absolute Gasteiger partial charge is 0.385 e. The summed E-state index contributed by atoms with van der Waals surface area (Å²) >= 11 is 0. The first kappa shape index (κ1) is 11.5. The molecule has 0 aliphatic carbocycles. The highest BCUT2D eigenvalue weighted by Crippen LogP contribution is 2.22. The van der Waals surface area contributed by atoms with Gasteiger partial charge in [-0.3, -0.25) is 0 Å². The fourth-order valence-corrected chi connectivity index (χ4v) is 2.16. The van der Waals surface area contributed by atoms with Crippen molar-refractivity contribution in [1.82, 2.24) is 14.8 Å². The van der Waals surface area contributed by atoms with Crippen molar-refractivity contribution in [3.8, 4) is 0 Å². The van der Waals surface area contributed by atoms with Crippen molar-refractivity contribution < 1.29 is 4.74 Å². The van der Waals surface area contributed by atoms with Gasteiger partial charge in [0, 0.05) is 26.7 Å². The Balaban J connectivity index is 2.11. The second kappa shape index (κ2) is 4.93. The highest BCUT2D eigenvalue weighted by molar-refractivity contribution is 5.03. The topological polar surface area (TPSA) is 66.0 Å². The van der Waals surface area contributed by atoms with E-state index in [1.165, 1.54) is 6.42 Å². The Labute approximate surface area is 96.0 Å². The van der Waals surface area contributed by atoms with Gasteiger partial charge < -0.3 is 15.0 Å². The summed E-state index contributed by atoms with van der Waals surface area (Å²) in [5, 5.41) is 8.45. The van der Waals surface area contributed by atoms with E-state index in [9.17, 15) is 0 Å². The summed E-state index contributed by atoms with van der Waals surface area (Å²) in [4.78, 5) is 0. The van der Waals surface area contributed by atoms with Gasteiger partial charge in [0.05, 0.1) is 6.04 Å². The van der Waals surface area contributed by atoms with Crippen LogP contribution in [0.3, 0.4) is 0 Å². The maximum absolute atomic E-state index is 6.08. The zero-order valence-electron chi connectivity index (χ0n) is 10.0. The molecule has 0 radical (unpaired) electrons. The molecule has 90 valence electrons. The van der Waals surface area contributed by atoms with Crippen molar-refractivity contribution in [2.75, 3.05) is 13.7 Å². The Morgan fingerprint density at radius 3 is 3.12 bits per heavy atom. The lowest BCUT2D eigenvalue weighted by Gasteiger charge is -2.21. The molecule has 1 aromatic heterocycles. The van der Waals surface area contributed by atoms with Crippen LogP contribution in [0.1, 0.15) is 37.5 Å². The Morgan fingerprint density at radius 1 is 1.56 bits per heavy atom. The summed E-state index contributed by atoms with van der Waals surface area (Å²) in [5.74, 6) is 2.71. The van der Waals surface area contributed by atoms with Gasteiger partial charge in [0.1, 0.15) is 11.6 Å². The molecule has 1 aliphatic heterocycles. The van der Waals surface area contributed by atoms with Gasteiger partial charge in [-0.15, -0.1) is 10.2 Å². The predicted molar refractivity (Wildman–Crippen MR) is 60.9 cm³/mol. The maximum Gasteiger partial charge on any atom is 0.150 e. The van der Waals surface area contributed by atoms with E-state index in [0.29, 0.717) is 12.5 Å². The summed E-state index contributed by atoms with van der Waals surface area (Å²) in [6, 6.07) is -0.0605. The first-order valence-electron chi connectivity index (χ1n) is 5.89. The molecule has 16 heavy (non-hydrogen) atoms. The normalized spacial score (nSPS) is 21.8. The third kappa shape index (κ3) is 2.25. The van der Waals surface area contributed by atoms with E-state index in [1.54, 1.807) is 7.11 Å². The van der Waals surface area contributed by atoms with E-state index in [1.807, 2.05) is 0 Å². The SMILES string of the molecule is COCCC(N)c1nnc2n1CCC(C)C2. The smallest absolute Gasteiger partial charge is 0.150 e. The monoisotopic (exact) mass is 224 g/mol. The molecule has 0 saturated heterocycles. The molecular formula is C11H20N4O. The van der Waals surface area contributed by atoms with Crippen LogP contribution in [0, 0.1) is 5.92 Å². The maximum atomic E-state index is 6.08. The van der Waals surface area contributed by atoms with E-state index in [0.717, 1.165) is 31.0 Å². The highest BCUT2D eigenvalue weighted by atomic mass is 16.5. The van der Waals surface area contributed by atoms with Crippen LogP contribution in [0.4, 0.5) is 0 Å². The van der Waals surface area contributed by atoms with Gasteiger partial charge in [-0.2, -0.15) is 0 Å². The number of hydrogen-bond acceptors (Lipinski definition) is 4. The minimum Gasteiger partial charge on any atom is -0.385 e. The molecule has 1 aliphatic rings. The molecule has 0 aromatic carbocycles. The molecule has 0 amide bonds. The van der Waals surface area contributed by atoms with Crippen LogP contribution in [0.15, 0.2) is 0 Å². The van der Waals surface area contributed by atoms with Crippen molar-refractivity contribution in [1.29, 1.82) is 0 Å². The van der Waals surface area contributed by atoms with Crippen LogP contribution >= 0.6 is 0 Å². The van der Waals surface area contributed by atoms with Crippen molar-refractivity contribution in [2.24, 2.45) is 11.7 Å². The molecule has 2 rings (SSSR count). The van der Waals surface area contributed by atoms with Crippen LogP contribution < -0.4 is 5.73 Å². The molecule has 5 nitrogen and oxygen atoms in total. The third-order valence-corrected chi connectivity index (χ3v) is 3.20. The first-order chi connectivity index (χ1) is 7.72. The zero-order valence-corrected chi connectivity index (χ0v) is 10.0. The third-order valence-electron chi connectivity index (χ3n) is 3.20. The Morgan fingerprint density at radius 2 is 2.38 bits per heavy atom. The summed E-state index contributed by atoms with van der Waals surface area (Å²) in [6.45, 7) is 3.92. The van der Waals surface area contributed by atoms with Crippen LogP contribution in [0.25, 0.3) is 0 Å². The minimum atomic E-state index is -0.0605. The summed E-state index contributed by atoms with van der Waals surface area (Å²) in [5.41, 5.74) is 6.08. The van der Waals surface area contributed by atoms with Gasteiger partial charge >= 0.3 is 0 Å². The summed E-state index contributed by atoms with van der Waals surface area (Å²) in [6.07, 6.45) is 3.00. The minimum absolute atomic E-state index is 0.0605. The van der Waals surface area contributed by atoms with E-state index in [-0.39, 0.29) is 6.04 Å². The van der Waals surface area contributed by atoms with Gasteiger partial charge in [-0.05, 0) is 18.8 Å². The Bertz CT molecular complexity index is 350. The molecule has 2 heterocycles. The molecule has 0 fully saturated rings. The second-order valence-corrected chi connectivity index (χ2v) is 4.61. The lowest BCUT2D eigenvalue weighted by atomic mass is 10.00. The van der Waals surface area contributed by atoms with Gasteiger partial charge in [0.15, 0.2) is 0 Å². The van der Waals surface area contributed by atoms with Crippen LogP contribution in [0.2, 0.25) is 0 Å². The standard InChI is InChI=1S/C11H20N4O/c1-8-3-5-15-10(7-8)13-14-11(15)9(12)4-6-16-2/h8-9H,3-7,12H2,1-2H3. The number of rotatable bonds is 4. The summed E-state index contributed by atoms with van der Waals surface area (Å²) in [7, 11) is 1.69. The fraction of sp³-hybridized carbons (Fsp3) is 0.818. The van der Waals surface area contributed by atoms with Gasteiger partial charge in [0.2, 0.25) is 0 Å². The summed E-state index contributed by atoms with van der Waals surface area (Å²) < 4.78 is 7.22. The fourth-order valence-electron chi connectivity index (χ4n) is 2.16. The Hall–Kier alpha value is -0.940. The number of nitrogens with two attached hydrogens (primary N) is 1. The van der Waals surface area contributed by atoms with Crippen LogP contribution in [0.5, 0.6) is 0 Å². The number of ether oxygens (including phenoxy) is 1. The molecule has 0 bridgehead atoms. The second-order valence-electron chi connectivity index (χ2n) is 4.61. The molecule has 2 atom stereocenters. The molecule has 5 heteroatoms. The lowest BCUT2D eigenvalue weighted by molar-refractivity contribution is 0.186. The molecule has 1 aromatic rings. The molecule has 2 unspecified atom stereocenters. The van der Waals surface area contributed by atoms with Crippen LogP contribution in [-0.4, -0.2) is 28.5 Å². The van der Waals surface area contributed by atoms with E-state index < -0.39 is 0 Å². The highest BCUT2D eigenvalue weighted by Gasteiger charge is 2.22. The zero-order chi connectivity index (χ0) is 11.5.